The standard InChI is InChI=1S/C15H20N4/c1-11-16-9-14(19-11)12-5-7-13(8-6-12)17-10-18-15(2,3)4/h5-10H,1-4H3,(H,16,19)(H,17,18). The number of aromatic amines is 1. The van der Waals surface area contributed by atoms with Gasteiger partial charge >= 0.3 is 0 Å². The van der Waals surface area contributed by atoms with Gasteiger partial charge in [-0.2, -0.15) is 0 Å². The Morgan fingerprint density at radius 2 is 1.89 bits per heavy atom. The van der Waals surface area contributed by atoms with Crippen molar-refractivity contribution in [1.29, 1.82) is 0 Å². The van der Waals surface area contributed by atoms with Gasteiger partial charge in [0.1, 0.15) is 5.82 Å². The summed E-state index contributed by atoms with van der Waals surface area (Å²) in [5, 5.41) is 3.21. The number of nitrogens with zero attached hydrogens (tertiary/aromatic N) is 2. The lowest BCUT2D eigenvalue weighted by molar-refractivity contribution is 0.517. The van der Waals surface area contributed by atoms with Crippen LogP contribution in [0.2, 0.25) is 0 Å². The van der Waals surface area contributed by atoms with Crippen LogP contribution in [0.5, 0.6) is 0 Å². The van der Waals surface area contributed by atoms with Gasteiger partial charge in [0.2, 0.25) is 0 Å². The van der Waals surface area contributed by atoms with E-state index < -0.39 is 0 Å². The van der Waals surface area contributed by atoms with Crippen LogP contribution in [0.15, 0.2) is 35.5 Å². The molecule has 0 aliphatic carbocycles. The smallest absolute Gasteiger partial charge is 0.103 e. The predicted molar refractivity (Wildman–Crippen MR) is 79.8 cm³/mol. The van der Waals surface area contributed by atoms with Crippen molar-refractivity contribution in [2.45, 2.75) is 33.2 Å². The number of aryl methyl sites for hydroxylation is 1. The molecule has 0 atom stereocenters. The first kappa shape index (κ1) is 13.3. The van der Waals surface area contributed by atoms with Crippen molar-refractivity contribution in [3.63, 3.8) is 0 Å². The molecule has 4 heteroatoms. The molecule has 0 fully saturated rings. The van der Waals surface area contributed by atoms with Gasteiger partial charge in [0.25, 0.3) is 0 Å². The van der Waals surface area contributed by atoms with E-state index in [9.17, 15) is 0 Å². The Balaban J connectivity index is 2.07. The van der Waals surface area contributed by atoms with Crippen LogP contribution in [0.4, 0.5) is 5.69 Å². The number of benzene rings is 1. The summed E-state index contributed by atoms with van der Waals surface area (Å²) >= 11 is 0. The third kappa shape index (κ3) is 3.95. The minimum absolute atomic E-state index is 0.0377. The van der Waals surface area contributed by atoms with Gasteiger partial charge in [-0.15, -0.1) is 0 Å². The SMILES string of the molecule is Cc1nc(-c2ccc(/N=C/NC(C)(C)C)cc2)c[nH]1. The summed E-state index contributed by atoms with van der Waals surface area (Å²) in [7, 11) is 0. The fourth-order valence-corrected chi connectivity index (χ4v) is 1.58. The van der Waals surface area contributed by atoms with Crippen molar-refractivity contribution in [3.05, 3.63) is 36.3 Å². The topological polar surface area (TPSA) is 53.1 Å². The maximum Gasteiger partial charge on any atom is 0.103 e. The second kappa shape index (κ2) is 5.26. The van der Waals surface area contributed by atoms with E-state index in [1.807, 2.05) is 37.4 Å². The zero-order valence-corrected chi connectivity index (χ0v) is 11.9. The van der Waals surface area contributed by atoms with E-state index >= 15 is 0 Å². The molecule has 0 saturated carbocycles. The van der Waals surface area contributed by atoms with E-state index in [1.54, 1.807) is 6.34 Å². The summed E-state index contributed by atoms with van der Waals surface area (Å²) in [5.74, 6) is 0.923. The monoisotopic (exact) mass is 256 g/mol. The zero-order chi connectivity index (χ0) is 13.9. The highest BCUT2D eigenvalue weighted by atomic mass is 15.0. The van der Waals surface area contributed by atoms with E-state index in [-0.39, 0.29) is 5.54 Å². The van der Waals surface area contributed by atoms with Crippen molar-refractivity contribution in [3.8, 4) is 11.3 Å². The molecule has 1 aromatic heterocycles. The molecule has 0 spiro atoms. The van der Waals surface area contributed by atoms with Crippen molar-refractivity contribution in [2.75, 3.05) is 0 Å². The van der Waals surface area contributed by atoms with Gasteiger partial charge in [0.05, 0.1) is 17.7 Å². The predicted octanol–water partition coefficient (Wildman–Crippen LogP) is 3.43. The normalized spacial score (nSPS) is 12.0. The summed E-state index contributed by atoms with van der Waals surface area (Å²) < 4.78 is 0. The summed E-state index contributed by atoms with van der Waals surface area (Å²) in [4.78, 5) is 11.8. The Morgan fingerprint density at radius 3 is 2.42 bits per heavy atom. The first-order valence-electron chi connectivity index (χ1n) is 6.37. The number of imidazole rings is 1. The lowest BCUT2D eigenvalue weighted by Gasteiger charge is -2.17. The van der Waals surface area contributed by atoms with Crippen LogP contribution < -0.4 is 5.32 Å². The Hall–Kier alpha value is -2.10. The molecule has 4 nitrogen and oxygen atoms in total. The molecule has 0 amide bonds. The van der Waals surface area contributed by atoms with E-state index in [0.29, 0.717) is 0 Å². The largest absolute Gasteiger partial charge is 0.371 e. The molecule has 2 N–H and O–H groups in total. The van der Waals surface area contributed by atoms with Crippen molar-refractivity contribution in [2.24, 2.45) is 4.99 Å². The molecule has 0 saturated heterocycles. The summed E-state index contributed by atoms with van der Waals surface area (Å²) in [5.41, 5.74) is 3.01. The highest BCUT2D eigenvalue weighted by Crippen LogP contribution is 2.20. The first-order valence-corrected chi connectivity index (χ1v) is 6.37. The average molecular weight is 256 g/mol. The number of rotatable bonds is 3. The molecule has 1 heterocycles. The van der Waals surface area contributed by atoms with Gasteiger partial charge in [-0.3, -0.25) is 0 Å². The lowest BCUT2D eigenvalue weighted by Crippen LogP contribution is -2.34. The van der Waals surface area contributed by atoms with E-state index in [1.165, 1.54) is 0 Å². The molecule has 2 rings (SSSR count). The van der Waals surface area contributed by atoms with Gasteiger partial charge < -0.3 is 10.3 Å². The van der Waals surface area contributed by atoms with Gasteiger partial charge in [0, 0.05) is 17.3 Å². The minimum Gasteiger partial charge on any atom is -0.371 e. The zero-order valence-electron chi connectivity index (χ0n) is 11.9. The Labute approximate surface area is 114 Å². The molecule has 2 aromatic rings. The molecule has 0 radical (unpaired) electrons. The number of aromatic nitrogens is 2. The van der Waals surface area contributed by atoms with Crippen molar-refractivity contribution >= 4 is 12.0 Å². The first-order chi connectivity index (χ1) is 8.94. The van der Waals surface area contributed by atoms with Gasteiger partial charge in [-0.25, -0.2) is 9.98 Å². The maximum absolute atomic E-state index is 4.40. The van der Waals surface area contributed by atoms with Crippen molar-refractivity contribution in [1.82, 2.24) is 15.3 Å². The quantitative estimate of drug-likeness (QED) is 0.653. The van der Waals surface area contributed by atoms with Crippen LogP contribution in [0.1, 0.15) is 26.6 Å². The van der Waals surface area contributed by atoms with Crippen LogP contribution in [0.3, 0.4) is 0 Å². The molecule has 0 aliphatic rings. The van der Waals surface area contributed by atoms with E-state index in [0.717, 1.165) is 22.8 Å². The van der Waals surface area contributed by atoms with Gasteiger partial charge in [0.15, 0.2) is 0 Å². The molecule has 100 valence electrons. The van der Waals surface area contributed by atoms with Gasteiger partial charge in [-0.1, -0.05) is 12.1 Å². The third-order valence-electron chi connectivity index (χ3n) is 2.58. The minimum atomic E-state index is 0.0377. The summed E-state index contributed by atoms with van der Waals surface area (Å²) in [6.07, 6.45) is 3.66. The van der Waals surface area contributed by atoms with Crippen LogP contribution in [0, 0.1) is 6.92 Å². The molecule has 0 unspecified atom stereocenters. The number of H-pyrrole nitrogens is 1. The second-order valence-electron chi connectivity index (χ2n) is 5.57. The number of nitrogens with one attached hydrogen (secondary N) is 2. The Kier molecular flexibility index (Phi) is 3.69. The Bertz CT molecular complexity index is 559. The van der Waals surface area contributed by atoms with E-state index in [4.69, 9.17) is 0 Å². The highest BCUT2D eigenvalue weighted by molar-refractivity contribution is 5.65. The molecule has 0 bridgehead atoms. The van der Waals surface area contributed by atoms with Crippen LogP contribution in [0.25, 0.3) is 11.3 Å². The van der Waals surface area contributed by atoms with Crippen LogP contribution >= 0.6 is 0 Å². The van der Waals surface area contributed by atoms with E-state index in [2.05, 4.69) is 41.0 Å². The number of aliphatic imine (C=N–C) groups is 1. The number of hydrogen-bond acceptors (Lipinski definition) is 2. The highest BCUT2D eigenvalue weighted by Gasteiger charge is 2.05. The van der Waals surface area contributed by atoms with Crippen LogP contribution in [-0.2, 0) is 0 Å². The fourth-order valence-electron chi connectivity index (χ4n) is 1.58. The van der Waals surface area contributed by atoms with Crippen LogP contribution in [-0.4, -0.2) is 21.8 Å². The van der Waals surface area contributed by atoms with Gasteiger partial charge in [-0.05, 0) is 39.8 Å². The molecular weight excluding hydrogens is 236 g/mol. The molecule has 0 aliphatic heterocycles. The maximum atomic E-state index is 4.40. The molecule has 1 aromatic carbocycles. The summed E-state index contributed by atoms with van der Waals surface area (Å²) in [6.45, 7) is 8.24. The number of hydrogen-bond donors (Lipinski definition) is 2. The fraction of sp³-hybridized carbons (Fsp3) is 0.333. The second-order valence-corrected chi connectivity index (χ2v) is 5.57. The average Bonchev–Trinajstić information content (AvgIpc) is 2.75. The Morgan fingerprint density at radius 1 is 1.21 bits per heavy atom. The van der Waals surface area contributed by atoms with Crippen molar-refractivity contribution < 1.29 is 0 Å². The lowest BCUT2D eigenvalue weighted by atomic mass is 10.1. The third-order valence-corrected chi connectivity index (χ3v) is 2.58. The molecule has 19 heavy (non-hydrogen) atoms. The summed E-state index contributed by atoms with van der Waals surface area (Å²) in [6, 6.07) is 8.03. The molecular formula is C15H20N4.